The molecule has 10 N–H and O–H groups in total. The van der Waals surface area contributed by atoms with E-state index >= 15 is 0 Å². The topological polar surface area (TPSA) is 255 Å². The number of phenols is 1. The monoisotopic (exact) mass is 693 g/mol. The number of carboxylic acids is 2. The number of phenolic OH excluding ortho intramolecular Hbond substituents is 1. The van der Waals surface area contributed by atoms with Crippen molar-refractivity contribution in [2.24, 2.45) is 10.9 Å². The zero-order chi connectivity index (χ0) is 37.0. The number of halogens is 6. The first-order chi connectivity index (χ1) is 22.1. The van der Waals surface area contributed by atoms with Crippen LogP contribution in [0.3, 0.4) is 0 Å². The molecule has 3 aromatic rings. The quantitative estimate of drug-likeness (QED) is 0.0423. The van der Waals surface area contributed by atoms with Crippen LogP contribution in [0.5, 0.6) is 5.75 Å². The van der Waals surface area contributed by atoms with Crippen LogP contribution >= 0.6 is 0 Å². The minimum absolute atomic E-state index is 0.0152. The Hall–Kier alpha value is -6.02. The molecule has 0 radical (unpaired) electrons. The lowest BCUT2D eigenvalue weighted by atomic mass is 10.1. The van der Waals surface area contributed by atoms with Crippen LogP contribution in [0, 0.1) is 0 Å². The van der Waals surface area contributed by atoms with Gasteiger partial charge < -0.3 is 42.6 Å². The van der Waals surface area contributed by atoms with Gasteiger partial charge in [0.2, 0.25) is 5.91 Å². The van der Waals surface area contributed by atoms with Gasteiger partial charge in [0.15, 0.2) is 11.7 Å². The van der Waals surface area contributed by atoms with Crippen LogP contribution in [0.15, 0.2) is 58.6 Å². The third kappa shape index (κ3) is 13.1. The van der Waals surface area contributed by atoms with E-state index in [1.54, 1.807) is 30.3 Å². The van der Waals surface area contributed by atoms with Gasteiger partial charge in [-0.15, -0.1) is 0 Å². The lowest BCUT2D eigenvalue weighted by Gasteiger charge is -2.16. The number of alkyl halides is 6. The molecular weight excluding hydrogens is 664 g/mol. The molecule has 48 heavy (non-hydrogen) atoms. The second-order valence-electron chi connectivity index (χ2n) is 9.56. The molecule has 2 aromatic carbocycles. The van der Waals surface area contributed by atoms with Gasteiger partial charge >= 0.3 is 24.3 Å². The zero-order valence-corrected chi connectivity index (χ0v) is 24.8. The average molecular weight is 694 g/mol. The Balaban J connectivity index is 0.000000687. The molecule has 262 valence electrons. The smallest absolute Gasteiger partial charge is 0.490 e. The maximum absolute atomic E-state index is 13.1. The number of aromatic nitrogens is 2. The first-order valence-corrected chi connectivity index (χ1v) is 13.0. The second kappa shape index (κ2) is 17.1. The van der Waals surface area contributed by atoms with Gasteiger partial charge in [-0.1, -0.05) is 29.4 Å². The van der Waals surface area contributed by atoms with Crippen molar-refractivity contribution < 1.29 is 61.3 Å². The van der Waals surface area contributed by atoms with Gasteiger partial charge in [0.05, 0.1) is 11.9 Å². The number of oxime groups is 1. The van der Waals surface area contributed by atoms with Gasteiger partial charge in [-0.2, -0.15) is 26.3 Å². The van der Waals surface area contributed by atoms with Gasteiger partial charge in [0.1, 0.15) is 12.3 Å². The number of nitrogens with one attached hydrogen (secondary N) is 2. The Morgan fingerprint density at radius 1 is 0.979 bits per heavy atom. The van der Waals surface area contributed by atoms with Crippen molar-refractivity contribution in [2.45, 2.75) is 45.3 Å². The second-order valence-corrected chi connectivity index (χ2v) is 9.56. The average Bonchev–Trinajstić information content (AvgIpc) is 2.97. The molecule has 0 fully saturated rings. The number of hydrogen-bond acceptors (Lipinski definition) is 10. The largest absolute Gasteiger partial charge is 0.508 e. The fourth-order valence-electron chi connectivity index (χ4n) is 3.28. The highest BCUT2D eigenvalue weighted by Crippen LogP contribution is 2.26. The molecule has 1 amide bonds. The Morgan fingerprint density at radius 2 is 1.50 bits per heavy atom. The molecule has 0 aliphatic heterocycles. The van der Waals surface area contributed by atoms with Crippen LogP contribution in [0.2, 0.25) is 0 Å². The van der Waals surface area contributed by atoms with Gasteiger partial charge in [0, 0.05) is 35.5 Å². The molecule has 0 aliphatic carbocycles. The summed E-state index contributed by atoms with van der Waals surface area (Å²) in [6.07, 6.45) is -8.71. The van der Waals surface area contributed by atoms with Crippen molar-refractivity contribution in [3.05, 3.63) is 70.1 Å². The molecule has 15 nitrogen and oxygen atoms in total. The van der Waals surface area contributed by atoms with Crippen LogP contribution in [-0.4, -0.2) is 72.2 Å². The summed E-state index contributed by atoms with van der Waals surface area (Å²) in [5.41, 5.74) is 13.3. The van der Waals surface area contributed by atoms with E-state index in [2.05, 4.69) is 20.8 Å². The van der Waals surface area contributed by atoms with E-state index in [1.165, 1.54) is 22.9 Å². The SMILES string of the molecule is CC(C)Nc1ncc(-c2cc(N)cc(O)c2)n(CC(=O)NCc2ccc(C(N)=NO)cc2)c1=O.O=C(O)C(F)(F)F.O=C(O)C(F)(F)F. The number of benzene rings is 2. The predicted octanol–water partition coefficient (Wildman–Crippen LogP) is 2.70. The maximum atomic E-state index is 13.1. The fraction of sp³-hybridized carbons (Fsp3) is 0.259. The summed E-state index contributed by atoms with van der Waals surface area (Å²) in [4.78, 5) is 47.9. The summed E-state index contributed by atoms with van der Waals surface area (Å²) in [5, 5.41) is 41.6. The number of carbonyl (C=O) groups excluding carboxylic acids is 1. The summed E-state index contributed by atoms with van der Waals surface area (Å²) in [5.74, 6) is -5.89. The molecule has 0 saturated carbocycles. The highest BCUT2D eigenvalue weighted by atomic mass is 19.4. The number of nitrogen functional groups attached to an aromatic ring is 1. The number of anilines is 2. The zero-order valence-electron chi connectivity index (χ0n) is 24.8. The number of aliphatic carboxylic acids is 2. The number of nitrogens with zero attached hydrogens (tertiary/aromatic N) is 3. The van der Waals surface area contributed by atoms with Crippen LogP contribution in [0.25, 0.3) is 11.3 Å². The van der Waals surface area contributed by atoms with Gasteiger partial charge in [0.25, 0.3) is 5.56 Å². The van der Waals surface area contributed by atoms with Crippen LogP contribution in [0.1, 0.15) is 25.0 Å². The lowest BCUT2D eigenvalue weighted by molar-refractivity contribution is -0.193. The number of rotatable bonds is 8. The normalized spacial score (nSPS) is 11.4. The van der Waals surface area contributed by atoms with Crippen molar-refractivity contribution in [1.82, 2.24) is 14.9 Å². The molecule has 0 unspecified atom stereocenters. The summed E-state index contributed by atoms with van der Waals surface area (Å²) in [7, 11) is 0. The first kappa shape index (κ1) is 40.0. The minimum atomic E-state index is -5.08. The Kier molecular flexibility index (Phi) is 14.2. The highest BCUT2D eigenvalue weighted by molar-refractivity contribution is 5.97. The number of amidine groups is 1. The Morgan fingerprint density at radius 3 is 1.94 bits per heavy atom. The number of hydrogen-bond donors (Lipinski definition) is 8. The standard InChI is InChI=1S/C23H27N7O4.2C2HF3O2/c1-13(2)28-22-23(33)30(19(11-27-22)16-7-17(24)9-18(31)8-16)12-20(32)26-10-14-3-5-15(6-4-14)21(25)29-34;2*3-2(4,5)1(6)7/h3-9,11,13,31,34H,10,12,24H2,1-2H3,(H2,25,29)(H,26,32)(H,27,28);2*(H,6,7). The van der Waals surface area contributed by atoms with Crippen molar-refractivity contribution in [3.63, 3.8) is 0 Å². The molecule has 21 heteroatoms. The van der Waals surface area contributed by atoms with Crippen molar-refractivity contribution >= 4 is 35.2 Å². The molecule has 0 atom stereocenters. The van der Waals surface area contributed by atoms with Gasteiger partial charge in [-0.25, -0.2) is 14.6 Å². The molecular formula is C27H29F6N7O8. The number of carbonyl (C=O) groups is 3. The van der Waals surface area contributed by atoms with Crippen LogP contribution < -0.4 is 27.7 Å². The molecule has 0 saturated heterocycles. The highest BCUT2D eigenvalue weighted by Gasteiger charge is 2.38. The van der Waals surface area contributed by atoms with E-state index in [1.807, 2.05) is 13.8 Å². The molecule has 1 heterocycles. The Bertz CT molecular complexity index is 1630. The van der Waals surface area contributed by atoms with Crippen LogP contribution in [-0.2, 0) is 27.5 Å². The molecule has 0 bridgehead atoms. The number of carboxylic acid groups (broad SMARTS) is 2. The van der Waals surface area contributed by atoms with Crippen molar-refractivity contribution in [2.75, 3.05) is 11.1 Å². The van der Waals surface area contributed by atoms with E-state index in [0.717, 1.165) is 5.56 Å². The first-order valence-electron chi connectivity index (χ1n) is 13.0. The van der Waals surface area contributed by atoms with E-state index < -0.39 is 35.8 Å². The van der Waals surface area contributed by atoms with Gasteiger partial charge in [-0.05, 0) is 31.5 Å². The Labute approximate surface area is 266 Å². The van der Waals surface area contributed by atoms with E-state index in [4.69, 9.17) is 36.5 Å². The lowest BCUT2D eigenvalue weighted by Crippen LogP contribution is -2.35. The molecule has 0 aliphatic rings. The van der Waals surface area contributed by atoms with E-state index in [-0.39, 0.29) is 36.5 Å². The number of nitrogens with two attached hydrogens (primary N) is 2. The molecule has 3 rings (SSSR count). The summed E-state index contributed by atoms with van der Waals surface area (Å²) in [6, 6.07) is 11.2. The third-order valence-electron chi connectivity index (χ3n) is 5.35. The number of aromatic hydroxyl groups is 1. The number of amides is 1. The summed E-state index contributed by atoms with van der Waals surface area (Å²) >= 11 is 0. The fourth-order valence-corrected chi connectivity index (χ4v) is 3.28. The third-order valence-corrected chi connectivity index (χ3v) is 5.35. The maximum Gasteiger partial charge on any atom is 0.490 e. The minimum Gasteiger partial charge on any atom is -0.508 e. The molecule has 0 spiro atoms. The van der Waals surface area contributed by atoms with Crippen molar-refractivity contribution in [1.29, 1.82) is 0 Å². The summed E-state index contributed by atoms with van der Waals surface area (Å²) < 4.78 is 64.8. The summed E-state index contributed by atoms with van der Waals surface area (Å²) in [6.45, 7) is 3.67. The van der Waals surface area contributed by atoms with E-state index in [9.17, 15) is 41.0 Å². The van der Waals surface area contributed by atoms with Crippen molar-refractivity contribution in [3.8, 4) is 17.0 Å². The molecule has 1 aromatic heterocycles. The van der Waals surface area contributed by atoms with Crippen LogP contribution in [0.4, 0.5) is 37.8 Å². The van der Waals surface area contributed by atoms with E-state index in [0.29, 0.717) is 22.5 Å². The predicted molar refractivity (Wildman–Crippen MR) is 157 cm³/mol. The van der Waals surface area contributed by atoms with Gasteiger partial charge in [-0.3, -0.25) is 14.2 Å².